The molecule has 0 bridgehead atoms. The predicted octanol–water partition coefficient (Wildman–Crippen LogP) is 3.16. The first-order valence-electron chi connectivity index (χ1n) is 9.50. The van der Waals surface area contributed by atoms with E-state index in [-0.39, 0.29) is 33.3 Å². The number of thioether (sulfide) groups is 1. The molecule has 0 spiro atoms. The van der Waals surface area contributed by atoms with E-state index in [0.717, 1.165) is 18.0 Å². The second-order valence-electron chi connectivity index (χ2n) is 6.48. The number of aromatic amines is 1. The van der Waals surface area contributed by atoms with Crippen LogP contribution in [0.15, 0.2) is 74.5 Å². The van der Waals surface area contributed by atoms with E-state index >= 15 is 0 Å². The van der Waals surface area contributed by atoms with Crippen LogP contribution in [0, 0.1) is 0 Å². The van der Waals surface area contributed by atoms with Crippen LogP contribution in [0.2, 0.25) is 5.02 Å². The van der Waals surface area contributed by atoms with Gasteiger partial charge in [0.2, 0.25) is 15.7 Å². The number of amides is 1. The molecule has 3 rings (SSSR count). The van der Waals surface area contributed by atoms with Crippen molar-refractivity contribution in [1.29, 1.82) is 0 Å². The van der Waals surface area contributed by atoms with Crippen molar-refractivity contribution in [1.82, 2.24) is 9.97 Å². The van der Waals surface area contributed by atoms with Crippen molar-refractivity contribution in [3.05, 3.63) is 75.7 Å². The van der Waals surface area contributed by atoms with E-state index in [4.69, 9.17) is 16.3 Å². The molecule has 1 aromatic heterocycles. The van der Waals surface area contributed by atoms with Crippen LogP contribution < -0.4 is 10.9 Å². The van der Waals surface area contributed by atoms with Crippen LogP contribution in [-0.2, 0) is 19.4 Å². The number of esters is 1. The Hall–Kier alpha value is -3.15. The number of H-pyrrole nitrogens is 1. The van der Waals surface area contributed by atoms with Gasteiger partial charge in [0, 0.05) is 10.7 Å². The molecule has 0 fully saturated rings. The minimum Gasteiger partial charge on any atom is -0.462 e. The molecule has 2 aromatic carbocycles. The minimum absolute atomic E-state index is 0.0813. The molecule has 172 valence electrons. The molecule has 0 aliphatic carbocycles. The number of sulfone groups is 1. The van der Waals surface area contributed by atoms with E-state index in [9.17, 15) is 22.8 Å². The van der Waals surface area contributed by atoms with Crippen molar-refractivity contribution < 1.29 is 22.7 Å². The lowest BCUT2D eigenvalue weighted by atomic mass is 10.2. The quantitative estimate of drug-likeness (QED) is 0.269. The Balaban J connectivity index is 1.63. The minimum atomic E-state index is -4.11. The first-order valence-corrected chi connectivity index (χ1v) is 12.3. The zero-order valence-electron chi connectivity index (χ0n) is 17.2. The number of hydrogen-bond acceptors (Lipinski definition) is 8. The molecular weight excluding hydrogens is 490 g/mol. The lowest BCUT2D eigenvalue weighted by molar-refractivity contribution is -0.113. The second-order valence-corrected chi connectivity index (χ2v) is 9.80. The topological polar surface area (TPSA) is 135 Å². The highest BCUT2D eigenvalue weighted by Gasteiger charge is 2.22. The molecule has 9 nitrogen and oxygen atoms in total. The van der Waals surface area contributed by atoms with Crippen LogP contribution in [0.4, 0.5) is 5.69 Å². The van der Waals surface area contributed by atoms with E-state index in [1.54, 1.807) is 19.1 Å². The molecule has 1 heterocycles. The smallest absolute Gasteiger partial charge is 0.338 e. The number of carbonyl (C=O) groups excluding carboxylic acids is 2. The van der Waals surface area contributed by atoms with Gasteiger partial charge in [0.25, 0.3) is 5.56 Å². The average molecular weight is 508 g/mol. The maximum Gasteiger partial charge on any atom is 0.338 e. The SMILES string of the molecule is CCOC(=O)c1ccc(NC(=O)CSc2ncc(S(=O)(=O)c3cccc(Cl)c3)c(=O)[nH]2)cc1. The van der Waals surface area contributed by atoms with Gasteiger partial charge in [0.05, 0.1) is 29.0 Å². The molecule has 0 saturated heterocycles. The molecular formula is C21H18ClN3O6S2. The number of anilines is 1. The number of carbonyl (C=O) groups is 2. The van der Waals surface area contributed by atoms with E-state index in [1.807, 2.05) is 0 Å². The molecule has 0 unspecified atom stereocenters. The Labute approximate surface area is 198 Å². The standard InChI is InChI=1S/C21H18ClN3O6S2/c1-2-31-20(28)13-6-8-15(9-7-13)24-18(26)12-32-21-23-11-17(19(27)25-21)33(29,30)16-5-3-4-14(22)10-16/h3-11H,2,12H2,1H3,(H,24,26)(H,23,25,27). The van der Waals surface area contributed by atoms with Crippen molar-refractivity contribution in [2.24, 2.45) is 0 Å². The Kier molecular flexibility index (Phi) is 7.90. The lowest BCUT2D eigenvalue weighted by Gasteiger charge is -2.07. The summed E-state index contributed by atoms with van der Waals surface area (Å²) in [6, 6.07) is 11.7. The maximum atomic E-state index is 12.7. The summed E-state index contributed by atoms with van der Waals surface area (Å²) >= 11 is 6.76. The van der Waals surface area contributed by atoms with Crippen LogP contribution in [0.3, 0.4) is 0 Å². The molecule has 0 aliphatic rings. The summed E-state index contributed by atoms with van der Waals surface area (Å²) in [6.07, 6.45) is 0.948. The van der Waals surface area contributed by atoms with E-state index in [2.05, 4.69) is 15.3 Å². The average Bonchev–Trinajstić information content (AvgIpc) is 2.78. The zero-order chi connectivity index (χ0) is 24.0. The summed E-state index contributed by atoms with van der Waals surface area (Å²) in [7, 11) is -4.11. The van der Waals surface area contributed by atoms with Gasteiger partial charge >= 0.3 is 5.97 Å². The summed E-state index contributed by atoms with van der Waals surface area (Å²) < 4.78 is 30.2. The Morgan fingerprint density at radius 1 is 1.18 bits per heavy atom. The molecule has 2 N–H and O–H groups in total. The molecule has 1 amide bonds. The summed E-state index contributed by atoms with van der Waals surface area (Å²) in [4.78, 5) is 41.9. The number of hydrogen-bond donors (Lipinski definition) is 2. The Morgan fingerprint density at radius 3 is 2.55 bits per heavy atom. The van der Waals surface area contributed by atoms with Crippen LogP contribution in [0.25, 0.3) is 0 Å². The van der Waals surface area contributed by atoms with Gasteiger partial charge in [-0.25, -0.2) is 18.2 Å². The van der Waals surface area contributed by atoms with Gasteiger partial charge in [-0.1, -0.05) is 29.4 Å². The molecule has 0 aliphatic heterocycles. The molecule has 0 saturated carbocycles. The summed E-state index contributed by atoms with van der Waals surface area (Å²) in [5.74, 6) is -0.938. The Bertz CT molecular complexity index is 1340. The summed E-state index contributed by atoms with van der Waals surface area (Å²) in [6.45, 7) is 1.97. The first-order chi connectivity index (χ1) is 15.7. The second kappa shape index (κ2) is 10.6. The lowest BCUT2D eigenvalue weighted by Crippen LogP contribution is -2.20. The number of halogens is 1. The van der Waals surface area contributed by atoms with E-state index in [1.165, 1.54) is 36.4 Å². The largest absolute Gasteiger partial charge is 0.462 e. The highest BCUT2D eigenvalue weighted by Crippen LogP contribution is 2.21. The number of rotatable bonds is 8. The Morgan fingerprint density at radius 2 is 1.91 bits per heavy atom. The number of benzene rings is 2. The van der Waals surface area contributed by atoms with E-state index in [0.29, 0.717) is 11.3 Å². The third-order valence-corrected chi connectivity index (χ3v) is 7.03. The number of nitrogens with zero attached hydrogens (tertiary/aromatic N) is 1. The van der Waals surface area contributed by atoms with Crippen LogP contribution >= 0.6 is 23.4 Å². The van der Waals surface area contributed by atoms with Gasteiger partial charge in [-0.2, -0.15) is 0 Å². The monoisotopic (exact) mass is 507 g/mol. The number of aromatic nitrogens is 2. The number of ether oxygens (including phenoxy) is 1. The molecule has 0 atom stereocenters. The number of nitrogens with one attached hydrogen (secondary N) is 2. The van der Waals surface area contributed by atoms with Crippen LogP contribution in [0.5, 0.6) is 0 Å². The fraction of sp³-hybridized carbons (Fsp3) is 0.143. The zero-order valence-corrected chi connectivity index (χ0v) is 19.6. The van der Waals surface area contributed by atoms with Crippen molar-refractivity contribution >= 4 is 50.8 Å². The molecule has 12 heteroatoms. The van der Waals surface area contributed by atoms with Gasteiger partial charge in [-0.05, 0) is 49.4 Å². The first kappa shape index (κ1) is 24.5. The van der Waals surface area contributed by atoms with Gasteiger partial charge in [-0.3, -0.25) is 9.59 Å². The highest BCUT2D eigenvalue weighted by molar-refractivity contribution is 7.99. The third kappa shape index (κ3) is 6.21. The fourth-order valence-electron chi connectivity index (χ4n) is 2.63. The molecule has 0 radical (unpaired) electrons. The van der Waals surface area contributed by atoms with Crippen molar-refractivity contribution in [3.8, 4) is 0 Å². The maximum absolute atomic E-state index is 12.7. The third-order valence-electron chi connectivity index (χ3n) is 4.16. The van der Waals surface area contributed by atoms with Crippen molar-refractivity contribution in [2.75, 3.05) is 17.7 Å². The van der Waals surface area contributed by atoms with Crippen LogP contribution in [-0.4, -0.2) is 42.6 Å². The van der Waals surface area contributed by atoms with Gasteiger partial charge in [0.1, 0.15) is 0 Å². The summed E-state index contributed by atoms with van der Waals surface area (Å²) in [5, 5.41) is 2.95. The summed E-state index contributed by atoms with van der Waals surface area (Å²) in [5.41, 5.74) is -0.0284. The normalized spacial score (nSPS) is 11.1. The molecule has 3 aromatic rings. The highest BCUT2D eigenvalue weighted by atomic mass is 35.5. The molecule has 33 heavy (non-hydrogen) atoms. The van der Waals surface area contributed by atoms with Crippen LogP contribution in [0.1, 0.15) is 17.3 Å². The van der Waals surface area contributed by atoms with Gasteiger partial charge in [-0.15, -0.1) is 0 Å². The van der Waals surface area contributed by atoms with Crippen molar-refractivity contribution in [3.63, 3.8) is 0 Å². The van der Waals surface area contributed by atoms with Gasteiger partial charge < -0.3 is 15.0 Å². The van der Waals surface area contributed by atoms with E-state index < -0.39 is 26.3 Å². The fourth-order valence-corrected chi connectivity index (χ4v) is 4.80. The predicted molar refractivity (Wildman–Crippen MR) is 124 cm³/mol. The van der Waals surface area contributed by atoms with Gasteiger partial charge in [0.15, 0.2) is 10.1 Å². The van der Waals surface area contributed by atoms with Crippen molar-refractivity contribution in [2.45, 2.75) is 21.9 Å².